The summed E-state index contributed by atoms with van der Waals surface area (Å²) in [5.74, 6) is 0.0185. The summed E-state index contributed by atoms with van der Waals surface area (Å²) in [6.45, 7) is 3.41. The monoisotopic (exact) mass is 394 g/mol. The highest BCUT2D eigenvalue weighted by Gasteiger charge is 2.27. The second-order valence-electron chi connectivity index (χ2n) is 4.10. The van der Waals surface area contributed by atoms with Crippen molar-refractivity contribution in [3.63, 3.8) is 0 Å². The number of rotatable bonds is 3. The van der Waals surface area contributed by atoms with Crippen molar-refractivity contribution < 1.29 is 9.59 Å². The predicted octanol–water partition coefficient (Wildman–Crippen LogP) is 2.28. The lowest BCUT2D eigenvalue weighted by Crippen LogP contribution is -2.55. The molecule has 1 aliphatic rings. The topological polar surface area (TPSA) is 49.4 Å². The number of carbonyl (C=O) groups is 2. The van der Waals surface area contributed by atoms with Crippen LogP contribution in [-0.2, 0) is 4.79 Å². The summed E-state index contributed by atoms with van der Waals surface area (Å²) >= 11 is 8.21. The number of Topliss-reactive ketones (excluding diaryl/α,β-unsaturated/α-hetero) is 1. The lowest BCUT2D eigenvalue weighted by Gasteiger charge is -2.31. The van der Waals surface area contributed by atoms with Crippen LogP contribution >= 0.6 is 43.2 Å². The molecule has 1 atom stereocenters. The van der Waals surface area contributed by atoms with E-state index in [1.165, 1.54) is 11.3 Å². The van der Waals surface area contributed by atoms with E-state index in [2.05, 4.69) is 37.2 Å². The summed E-state index contributed by atoms with van der Waals surface area (Å²) < 4.78 is 1.75. The zero-order valence-corrected chi connectivity index (χ0v) is 13.7. The van der Waals surface area contributed by atoms with Gasteiger partial charge in [-0.25, -0.2) is 0 Å². The minimum absolute atomic E-state index is 0.0142. The summed E-state index contributed by atoms with van der Waals surface area (Å²) in [4.78, 5) is 25.6. The first kappa shape index (κ1) is 14.2. The Hall–Kier alpha value is -0.240. The van der Waals surface area contributed by atoms with Crippen LogP contribution in [0.15, 0.2) is 13.6 Å². The number of halogens is 2. The number of carbonyl (C=O) groups excluding carboxylic acids is 2. The van der Waals surface area contributed by atoms with Crippen LogP contribution in [0.1, 0.15) is 17.3 Å². The Morgan fingerprint density at radius 2 is 2.33 bits per heavy atom. The molecule has 0 spiro atoms. The molecule has 1 aliphatic heterocycles. The first-order chi connectivity index (χ1) is 8.49. The first-order valence-electron chi connectivity index (χ1n) is 5.49. The van der Waals surface area contributed by atoms with Gasteiger partial charge in [-0.1, -0.05) is 0 Å². The molecule has 7 heteroatoms. The summed E-state index contributed by atoms with van der Waals surface area (Å²) in [5, 5.41) is 2.78. The Morgan fingerprint density at radius 1 is 1.61 bits per heavy atom. The van der Waals surface area contributed by atoms with E-state index in [0.717, 1.165) is 7.57 Å². The molecule has 4 nitrogen and oxygen atoms in total. The highest BCUT2D eigenvalue weighted by Crippen LogP contribution is 2.32. The van der Waals surface area contributed by atoms with E-state index in [4.69, 9.17) is 0 Å². The van der Waals surface area contributed by atoms with E-state index >= 15 is 0 Å². The van der Waals surface area contributed by atoms with Crippen LogP contribution in [0.25, 0.3) is 0 Å². The molecule has 1 saturated heterocycles. The molecule has 1 aromatic rings. The minimum Gasteiger partial charge on any atom is -0.353 e. The predicted molar refractivity (Wildman–Crippen MR) is 78.1 cm³/mol. The second kappa shape index (κ2) is 5.81. The van der Waals surface area contributed by atoms with E-state index in [0.29, 0.717) is 18.7 Å². The second-order valence-corrected chi connectivity index (χ2v) is 7.85. The third-order valence-electron chi connectivity index (χ3n) is 2.93. The molecule has 0 aromatic carbocycles. The summed E-state index contributed by atoms with van der Waals surface area (Å²) in [5.41, 5.74) is 0.671. The molecule has 98 valence electrons. The fraction of sp³-hybridized carbons (Fsp3) is 0.455. The average Bonchev–Trinajstić information content (AvgIpc) is 2.64. The average molecular weight is 396 g/mol. The quantitative estimate of drug-likeness (QED) is 0.798. The maximum absolute atomic E-state index is 12.2. The zero-order chi connectivity index (χ0) is 13.3. The number of thiophene rings is 1. The number of nitrogens with zero attached hydrogens (tertiary/aromatic N) is 1. The highest BCUT2D eigenvalue weighted by molar-refractivity contribution is 9.12. The first-order valence-corrected chi connectivity index (χ1v) is 7.89. The number of amides is 1. The molecule has 1 aromatic heterocycles. The molecule has 2 rings (SSSR count). The number of ketones is 1. The van der Waals surface area contributed by atoms with Crippen LogP contribution in [0.4, 0.5) is 0 Å². The van der Waals surface area contributed by atoms with Crippen molar-refractivity contribution in [2.24, 2.45) is 0 Å². The molecule has 18 heavy (non-hydrogen) atoms. The van der Waals surface area contributed by atoms with Gasteiger partial charge in [-0.3, -0.25) is 14.5 Å². The van der Waals surface area contributed by atoms with Gasteiger partial charge in [0.05, 0.1) is 20.2 Å². The summed E-state index contributed by atoms with van der Waals surface area (Å²) in [6.07, 6.45) is 0. The third-order valence-corrected chi connectivity index (χ3v) is 5.27. The molecular weight excluding hydrogens is 384 g/mol. The van der Waals surface area contributed by atoms with Gasteiger partial charge in [-0.05, 0) is 44.8 Å². The van der Waals surface area contributed by atoms with Crippen molar-refractivity contribution in [3.8, 4) is 0 Å². The van der Waals surface area contributed by atoms with Crippen molar-refractivity contribution in [2.75, 3.05) is 19.6 Å². The van der Waals surface area contributed by atoms with Crippen molar-refractivity contribution in [1.29, 1.82) is 0 Å². The van der Waals surface area contributed by atoms with Crippen LogP contribution < -0.4 is 5.32 Å². The maximum Gasteiger partial charge on any atom is 0.237 e. The summed E-state index contributed by atoms with van der Waals surface area (Å²) in [6, 6.07) is 1.56. The molecule has 1 fully saturated rings. The van der Waals surface area contributed by atoms with Gasteiger partial charge in [0.2, 0.25) is 5.91 Å². The van der Waals surface area contributed by atoms with Crippen molar-refractivity contribution >= 4 is 54.9 Å². The van der Waals surface area contributed by atoms with Gasteiger partial charge in [-0.15, -0.1) is 11.3 Å². The Labute approximate surface area is 126 Å². The highest BCUT2D eigenvalue weighted by atomic mass is 79.9. The lowest BCUT2D eigenvalue weighted by molar-refractivity contribution is -0.127. The molecule has 1 unspecified atom stereocenters. The number of hydrogen-bond acceptors (Lipinski definition) is 4. The number of nitrogens with one attached hydrogen (secondary N) is 1. The molecule has 0 radical (unpaired) electrons. The van der Waals surface area contributed by atoms with Gasteiger partial charge in [0.1, 0.15) is 0 Å². The van der Waals surface area contributed by atoms with Crippen molar-refractivity contribution in [3.05, 3.63) is 19.2 Å². The van der Waals surface area contributed by atoms with Gasteiger partial charge in [0.25, 0.3) is 0 Å². The third kappa shape index (κ3) is 3.01. The molecular formula is C11H12Br2N2O2S. The van der Waals surface area contributed by atoms with Crippen LogP contribution in [0.5, 0.6) is 0 Å². The SMILES string of the molecule is CC1C(=O)NCCN1CC(=O)c1cc(Br)sc1Br. The van der Waals surface area contributed by atoms with E-state index in [1.807, 2.05) is 17.9 Å². The molecule has 1 N–H and O–H groups in total. The van der Waals surface area contributed by atoms with Crippen molar-refractivity contribution in [2.45, 2.75) is 13.0 Å². The number of hydrogen-bond donors (Lipinski definition) is 1. The fourth-order valence-electron chi connectivity index (χ4n) is 1.85. The molecule has 0 bridgehead atoms. The normalized spacial score (nSPS) is 20.8. The molecule has 1 amide bonds. The van der Waals surface area contributed by atoms with Crippen molar-refractivity contribution in [1.82, 2.24) is 10.2 Å². The maximum atomic E-state index is 12.2. The van der Waals surface area contributed by atoms with Crippen LogP contribution in [-0.4, -0.2) is 42.3 Å². The summed E-state index contributed by atoms with van der Waals surface area (Å²) in [7, 11) is 0. The van der Waals surface area contributed by atoms with E-state index < -0.39 is 0 Å². The Kier molecular flexibility index (Phi) is 4.58. The molecule has 2 heterocycles. The van der Waals surface area contributed by atoms with Gasteiger partial charge in [0, 0.05) is 18.7 Å². The largest absolute Gasteiger partial charge is 0.353 e. The lowest BCUT2D eigenvalue weighted by atomic mass is 10.1. The van der Waals surface area contributed by atoms with Gasteiger partial charge >= 0.3 is 0 Å². The fourth-order valence-corrected chi connectivity index (χ4v) is 4.70. The smallest absolute Gasteiger partial charge is 0.237 e. The molecule has 0 saturated carbocycles. The Bertz CT molecular complexity index is 489. The zero-order valence-electron chi connectivity index (χ0n) is 9.70. The van der Waals surface area contributed by atoms with E-state index in [1.54, 1.807) is 0 Å². The van der Waals surface area contributed by atoms with Crippen LogP contribution in [0.2, 0.25) is 0 Å². The van der Waals surface area contributed by atoms with E-state index in [9.17, 15) is 9.59 Å². The van der Waals surface area contributed by atoms with E-state index in [-0.39, 0.29) is 24.3 Å². The van der Waals surface area contributed by atoms with Gasteiger partial charge < -0.3 is 5.32 Å². The van der Waals surface area contributed by atoms with Crippen LogP contribution in [0, 0.1) is 0 Å². The van der Waals surface area contributed by atoms with Crippen LogP contribution in [0.3, 0.4) is 0 Å². The molecule has 0 aliphatic carbocycles. The van der Waals surface area contributed by atoms with Gasteiger partial charge in [-0.2, -0.15) is 0 Å². The standard InChI is InChI=1S/C11H12Br2N2O2S/c1-6-11(17)14-2-3-15(6)5-8(16)7-4-9(12)18-10(7)13/h4,6H,2-3,5H2,1H3,(H,14,17). The minimum atomic E-state index is -0.247. The number of piperazine rings is 1. The Morgan fingerprint density at radius 3 is 2.94 bits per heavy atom. The van der Waals surface area contributed by atoms with Gasteiger partial charge in [0.15, 0.2) is 5.78 Å². The Balaban J connectivity index is 2.07.